The van der Waals surface area contributed by atoms with E-state index in [-0.39, 0.29) is 36.7 Å². The van der Waals surface area contributed by atoms with Gasteiger partial charge in [-0.05, 0) is 51.5 Å². The van der Waals surface area contributed by atoms with Crippen molar-refractivity contribution >= 4 is 39.1 Å². The summed E-state index contributed by atoms with van der Waals surface area (Å²) in [6.07, 6.45) is 0. The zero-order valence-corrected chi connectivity index (χ0v) is 21.7. The number of hydrogen-bond donors (Lipinski definition) is 1. The van der Waals surface area contributed by atoms with Gasteiger partial charge in [0.25, 0.3) is 0 Å². The fourth-order valence-electron chi connectivity index (χ4n) is 3.56. The molecule has 0 aliphatic carbocycles. The molecule has 35 heavy (non-hydrogen) atoms. The van der Waals surface area contributed by atoms with Crippen LogP contribution in [0.1, 0.15) is 33.3 Å². The number of rotatable bonds is 10. The maximum atomic E-state index is 13.6. The van der Waals surface area contributed by atoms with E-state index in [0.29, 0.717) is 22.1 Å². The van der Waals surface area contributed by atoms with Crippen LogP contribution < -0.4 is 19.1 Å². The number of nitrogens with zero attached hydrogens (tertiary/aromatic N) is 2. The summed E-state index contributed by atoms with van der Waals surface area (Å²) >= 11 is 6.32. The first-order chi connectivity index (χ1) is 16.5. The van der Waals surface area contributed by atoms with Gasteiger partial charge in [0.15, 0.2) is 11.5 Å². The summed E-state index contributed by atoms with van der Waals surface area (Å²) in [4.78, 5) is 27.8. The lowest BCUT2D eigenvalue weighted by molar-refractivity contribution is -0.139. The van der Waals surface area contributed by atoms with Gasteiger partial charge in [-0.25, -0.2) is 8.42 Å². The van der Waals surface area contributed by atoms with Crippen molar-refractivity contribution in [2.24, 2.45) is 0 Å². The van der Waals surface area contributed by atoms with Crippen LogP contribution in [0.15, 0.2) is 42.5 Å². The van der Waals surface area contributed by atoms with Gasteiger partial charge in [-0.2, -0.15) is 0 Å². The Morgan fingerprint density at radius 1 is 1.09 bits per heavy atom. The van der Waals surface area contributed by atoms with Crippen LogP contribution >= 0.6 is 11.6 Å². The quantitative estimate of drug-likeness (QED) is 0.513. The molecule has 0 spiro atoms. The van der Waals surface area contributed by atoms with E-state index in [1.54, 1.807) is 43.3 Å². The predicted molar refractivity (Wildman–Crippen MR) is 134 cm³/mol. The Morgan fingerprint density at radius 3 is 2.43 bits per heavy atom. The van der Waals surface area contributed by atoms with Crippen molar-refractivity contribution in [3.63, 3.8) is 0 Å². The zero-order valence-electron chi connectivity index (χ0n) is 20.2. The van der Waals surface area contributed by atoms with Gasteiger partial charge in [-0.15, -0.1) is 0 Å². The van der Waals surface area contributed by atoms with Gasteiger partial charge < -0.3 is 19.7 Å². The summed E-state index contributed by atoms with van der Waals surface area (Å²) in [6.45, 7) is 6.31. The second-order valence-electron chi connectivity index (χ2n) is 8.40. The van der Waals surface area contributed by atoms with Crippen LogP contribution in [0.5, 0.6) is 11.5 Å². The van der Waals surface area contributed by atoms with Crippen molar-refractivity contribution in [1.29, 1.82) is 0 Å². The minimum Gasteiger partial charge on any atom is -0.454 e. The van der Waals surface area contributed by atoms with Crippen LogP contribution in [0, 0.1) is 0 Å². The van der Waals surface area contributed by atoms with Crippen LogP contribution in [0.2, 0.25) is 5.02 Å². The van der Waals surface area contributed by atoms with Crippen LogP contribution in [0.4, 0.5) is 5.69 Å². The molecule has 2 aromatic carbocycles. The largest absolute Gasteiger partial charge is 0.454 e. The Balaban J connectivity index is 1.95. The van der Waals surface area contributed by atoms with E-state index < -0.39 is 28.5 Å². The first-order valence-corrected chi connectivity index (χ1v) is 13.3. The number of amides is 2. The molecule has 3 rings (SSSR count). The number of carbonyl (C=O) groups excluding carboxylic acids is 2. The summed E-state index contributed by atoms with van der Waals surface area (Å²) in [7, 11) is -3.84. The van der Waals surface area contributed by atoms with Gasteiger partial charge in [-0.3, -0.25) is 13.9 Å². The number of sulfonamides is 1. The number of anilines is 1. The standard InChI is InChI=1S/C24H30ClN3O6S/c1-5-35(31,32)28(19-10-11-21-22(12-19)34-15-33-21)14-23(29)27(17(4)24(30)26-16(2)3)13-18-8-6-7-9-20(18)25/h6-12,16-17H,5,13-15H2,1-4H3,(H,26,30)/t17-/m0/s1. The number of halogens is 1. The van der Waals surface area contributed by atoms with Crippen molar-refractivity contribution in [3.05, 3.63) is 53.1 Å². The maximum absolute atomic E-state index is 13.6. The summed E-state index contributed by atoms with van der Waals surface area (Å²) in [5.41, 5.74) is 0.904. The van der Waals surface area contributed by atoms with Crippen LogP contribution in [0.3, 0.4) is 0 Å². The van der Waals surface area contributed by atoms with Crippen molar-refractivity contribution in [2.75, 3.05) is 23.4 Å². The molecule has 190 valence electrons. The maximum Gasteiger partial charge on any atom is 0.244 e. The molecule has 1 aliphatic heterocycles. The fourth-order valence-corrected chi connectivity index (χ4v) is 4.81. The molecule has 0 saturated carbocycles. The Bertz CT molecular complexity index is 1190. The summed E-state index contributed by atoms with van der Waals surface area (Å²) in [5.74, 6) is -0.237. The molecule has 2 aromatic rings. The van der Waals surface area contributed by atoms with Crippen molar-refractivity contribution in [2.45, 2.75) is 46.3 Å². The van der Waals surface area contributed by atoms with Crippen LogP contribution in [-0.4, -0.2) is 56.3 Å². The number of benzene rings is 2. The summed E-state index contributed by atoms with van der Waals surface area (Å²) in [6, 6.07) is 10.7. The van der Waals surface area contributed by atoms with E-state index in [0.717, 1.165) is 4.31 Å². The Labute approximate surface area is 211 Å². The minimum absolute atomic E-state index is 0.0341. The van der Waals surface area contributed by atoms with Gasteiger partial charge in [0.1, 0.15) is 12.6 Å². The predicted octanol–water partition coefficient (Wildman–Crippen LogP) is 3.17. The number of ether oxygens (including phenoxy) is 2. The van der Waals surface area contributed by atoms with Gasteiger partial charge in [-0.1, -0.05) is 29.8 Å². The lowest BCUT2D eigenvalue weighted by atomic mass is 10.1. The molecule has 0 aromatic heterocycles. The SMILES string of the molecule is CCS(=O)(=O)N(CC(=O)N(Cc1ccccc1Cl)[C@@H](C)C(=O)NC(C)C)c1ccc2c(c1)OCO2. The average Bonchev–Trinajstić information content (AvgIpc) is 3.28. The lowest BCUT2D eigenvalue weighted by Gasteiger charge is -2.32. The first-order valence-electron chi connectivity index (χ1n) is 11.3. The molecule has 2 amide bonds. The van der Waals surface area contributed by atoms with E-state index in [1.165, 1.54) is 17.9 Å². The van der Waals surface area contributed by atoms with Gasteiger partial charge in [0.05, 0.1) is 11.4 Å². The van der Waals surface area contributed by atoms with E-state index in [4.69, 9.17) is 21.1 Å². The average molecular weight is 524 g/mol. The topological polar surface area (TPSA) is 105 Å². The van der Waals surface area contributed by atoms with Crippen LogP contribution in [0.25, 0.3) is 0 Å². The molecule has 1 N–H and O–H groups in total. The first kappa shape index (κ1) is 26.6. The molecular formula is C24H30ClN3O6S. The molecule has 0 bridgehead atoms. The minimum atomic E-state index is -3.84. The molecular weight excluding hydrogens is 494 g/mol. The third-order valence-electron chi connectivity index (χ3n) is 5.52. The van der Waals surface area contributed by atoms with Crippen molar-refractivity contribution < 1.29 is 27.5 Å². The van der Waals surface area contributed by atoms with E-state index >= 15 is 0 Å². The van der Waals surface area contributed by atoms with Gasteiger partial charge in [0.2, 0.25) is 28.6 Å². The lowest BCUT2D eigenvalue weighted by Crippen LogP contribution is -2.52. The number of carbonyl (C=O) groups is 2. The molecule has 0 saturated heterocycles. The molecule has 1 heterocycles. The highest BCUT2D eigenvalue weighted by molar-refractivity contribution is 7.92. The smallest absolute Gasteiger partial charge is 0.244 e. The molecule has 0 radical (unpaired) electrons. The highest BCUT2D eigenvalue weighted by atomic mass is 35.5. The second-order valence-corrected chi connectivity index (χ2v) is 11.0. The monoisotopic (exact) mass is 523 g/mol. The Kier molecular flexibility index (Phi) is 8.50. The van der Waals surface area contributed by atoms with E-state index in [9.17, 15) is 18.0 Å². The third kappa shape index (κ3) is 6.37. The molecule has 1 aliphatic rings. The summed E-state index contributed by atoms with van der Waals surface area (Å²) < 4.78 is 37.7. The van der Waals surface area contributed by atoms with Gasteiger partial charge in [0, 0.05) is 23.7 Å². The molecule has 0 unspecified atom stereocenters. The van der Waals surface area contributed by atoms with E-state index in [1.807, 2.05) is 13.8 Å². The number of nitrogens with one attached hydrogen (secondary N) is 1. The van der Waals surface area contributed by atoms with Crippen molar-refractivity contribution in [1.82, 2.24) is 10.2 Å². The molecule has 1 atom stereocenters. The molecule has 11 heteroatoms. The van der Waals surface area contributed by atoms with E-state index in [2.05, 4.69) is 5.32 Å². The molecule has 9 nitrogen and oxygen atoms in total. The number of hydrogen-bond acceptors (Lipinski definition) is 6. The highest BCUT2D eigenvalue weighted by Crippen LogP contribution is 2.36. The fraction of sp³-hybridized carbons (Fsp3) is 0.417. The Hall–Kier alpha value is -2.98. The van der Waals surface area contributed by atoms with Gasteiger partial charge >= 0.3 is 0 Å². The van der Waals surface area contributed by atoms with Crippen LogP contribution in [-0.2, 0) is 26.2 Å². The third-order valence-corrected chi connectivity index (χ3v) is 7.63. The highest BCUT2D eigenvalue weighted by Gasteiger charge is 2.32. The number of fused-ring (bicyclic) bond motifs is 1. The normalized spacial score (nSPS) is 13.4. The zero-order chi connectivity index (χ0) is 25.8. The van der Waals surface area contributed by atoms with Crippen molar-refractivity contribution in [3.8, 4) is 11.5 Å². The second kappa shape index (κ2) is 11.2. The summed E-state index contributed by atoms with van der Waals surface area (Å²) in [5, 5.41) is 3.25. The Morgan fingerprint density at radius 2 is 1.77 bits per heavy atom. The molecule has 0 fully saturated rings.